The van der Waals surface area contributed by atoms with Gasteiger partial charge >= 0.3 is 0 Å². The summed E-state index contributed by atoms with van der Waals surface area (Å²) < 4.78 is 0. The molecule has 1 aliphatic rings. The number of para-hydroxylation sites is 1. The van der Waals surface area contributed by atoms with Crippen LogP contribution in [0.25, 0.3) is 10.9 Å². The van der Waals surface area contributed by atoms with Crippen LogP contribution in [-0.4, -0.2) is 28.9 Å². The van der Waals surface area contributed by atoms with E-state index in [0.29, 0.717) is 11.7 Å². The standard InChI is InChI=1S/C13H14N2O/c1-15(10-6-7-10)13(16)12-8-9-4-2-3-5-11(9)14-12/h2-5,8,10,14H,6-7H2,1H3. The maximum Gasteiger partial charge on any atom is 0.270 e. The molecule has 1 amide bonds. The lowest BCUT2D eigenvalue weighted by molar-refractivity contribution is 0.0780. The number of hydrogen-bond acceptors (Lipinski definition) is 1. The van der Waals surface area contributed by atoms with Gasteiger partial charge in [-0.05, 0) is 25.0 Å². The van der Waals surface area contributed by atoms with E-state index >= 15 is 0 Å². The fraction of sp³-hybridized carbons (Fsp3) is 0.308. The monoisotopic (exact) mass is 214 g/mol. The molecule has 0 spiro atoms. The summed E-state index contributed by atoms with van der Waals surface area (Å²) in [7, 11) is 1.88. The summed E-state index contributed by atoms with van der Waals surface area (Å²) in [5.74, 6) is 0.0960. The molecular formula is C13H14N2O. The highest BCUT2D eigenvalue weighted by Crippen LogP contribution is 2.27. The van der Waals surface area contributed by atoms with E-state index in [1.54, 1.807) is 0 Å². The van der Waals surface area contributed by atoms with Crippen LogP contribution in [0.2, 0.25) is 0 Å². The molecule has 1 aromatic heterocycles. The first-order valence-electron chi connectivity index (χ1n) is 5.60. The molecule has 1 heterocycles. The van der Waals surface area contributed by atoms with E-state index in [1.807, 2.05) is 42.3 Å². The Morgan fingerprint density at radius 3 is 2.81 bits per heavy atom. The quantitative estimate of drug-likeness (QED) is 0.818. The van der Waals surface area contributed by atoms with Gasteiger partial charge in [0.2, 0.25) is 0 Å². The second-order valence-corrected chi connectivity index (χ2v) is 4.42. The first-order chi connectivity index (χ1) is 7.75. The molecule has 1 aliphatic carbocycles. The number of benzene rings is 1. The molecule has 1 fully saturated rings. The maximum atomic E-state index is 12.1. The summed E-state index contributed by atoms with van der Waals surface area (Å²) in [6.45, 7) is 0. The third-order valence-corrected chi connectivity index (χ3v) is 3.18. The van der Waals surface area contributed by atoms with E-state index in [0.717, 1.165) is 23.7 Å². The zero-order valence-electron chi connectivity index (χ0n) is 9.23. The van der Waals surface area contributed by atoms with E-state index in [1.165, 1.54) is 0 Å². The molecule has 1 aromatic carbocycles. The molecule has 2 aromatic rings. The summed E-state index contributed by atoms with van der Waals surface area (Å²) >= 11 is 0. The predicted molar refractivity (Wildman–Crippen MR) is 63.4 cm³/mol. The lowest BCUT2D eigenvalue weighted by Crippen LogP contribution is -2.28. The van der Waals surface area contributed by atoms with Crippen molar-refractivity contribution in [2.24, 2.45) is 0 Å². The Balaban J connectivity index is 1.95. The van der Waals surface area contributed by atoms with Crippen LogP contribution in [0, 0.1) is 0 Å². The van der Waals surface area contributed by atoms with E-state index in [-0.39, 0.29) is 5.91 Å². The van der Waals surface area contributed by atoms with Gasteiger partial charge in [-0.3, -0.25) is 4.79 Å². The number of nitrogens with one attached hydrogen (secondary N) is 1. The van der Waals surface area contributed by atoms with Crippen LogP contribution in [0.3, 0.4) is 0 Å². The Labute approximate surface area is 94.1 Å². The molecule has 0 saturated heterocycles. The fourth-order valence-corrected chi connectivity index (χ4v) is 2.01. The lowest BCUT2D eigenvalue weighted by Gasteiger charge is -2.14. The molecule has 1 saturated carbocycles. The van der Waals surface area contributed by atoms with Gasteiger partial charge in [-0.1, -0.05) is 18.2 Å². The predicted octanol–water partition coefficient (Wildman–Crippen LogP) is 2.40. The van der Waals surface area contributed by atoms with Crippen molar-refractivity contribution in [3.05, 3.63) is 36.0 Å². The van der Waals surface area contributed by atoms with Crippen LogP contribution in [0.4, 0.5) is 0 Å². The summed E-state index contributed by atoms with van der Waals surface area (Å²) in [6.07, 6.45) is 2.28. The molecule has 0 radical (unpaired) electrons. The van der Waals surface area contributed by atoms with E-state index in [4.69, 9.17) is 0 Å². The van der Waals surface area contributed by atoms with Crippen molar-refractivity contribution in [1.29, 1.82) is 0 Å². The highest BCUT2D eigenvalue weighted by molar-refractivity contribution is 5.98. The Bertz CT molecular complexity index is 507. The van der Waals surface area contributed by atoms with Crippen molar-refractivity contribution in [2.45, 2.75) is 18.9 Å². The van der Waals surface area contributed by atoms with E-state index < -0.39 is 0 Å². The van der Waals surface area contributed by atoms with Crippen LogP contribution in [0.15, 0.2) is 30.3 Å². The number of carbonyl (C=O) groups is 1. The Morgan fingerprint density at radius 2 is 2.12 bits per heavy atom. The summed E-state index contributed by atoms with van der Waals surface area (Å²) in [5.41, 5.74) is 1.71. The summed E-state index contributed by atoms with van der Waals surface area (Å²) in [5, 5.41) is 1.09. The number of fused-ring (bicyclic) bond motifs is 1. The lowest BCUT2D eigenvalue weighted by atomic mass is 10.2. The molecule has 0 atom stereocenters. The molecule has 82 valence electrons. The Hall–Kier alpha value is -1.77. The zero-order valence-corrected chi connectivity index (χ0v) is 9.23. The van der Waals surface area contributed by atoms with Gasteiger partial charge in [-0.2, -0.15) is 0 Å². The molecule has 3 heteroatoms. The number of aromatic nitrogens is 1. The first-order valence-corrected chi connectivity index (χ1v) is 5.60. The maximum absolute atomic E-state index is 12.1. The molecule has 16 heavy (non-hydrogen) atoms. The molecule has 0 aliphatic heterocycles. The van der Waals surface area contributed by atoms with E-state index in [2.05, 4.69) is 4.98 Å². The molecular weight excluding hydrogens is 200 g/mol. The third-order valence-electron chi connectivity index (χ3n) is 3.18. The number of H-pyrrole nitrogens is 1. The normalized spacial score (nSPS) is 15.3. The number of aromatic amines is 1. The Kier molecular flexibility index (Phi) is 1.99. The third kappa shape index (κ3) is 1.48. The van der Waals surface area contributed by atoms with Gasteiger partial charge in [0.25, 0.3) is 5.91 Å². The van der Waals surface area contributed by atoms with Gasteiger partial charge in [0.15, 0.2) is 0 Å². The van der Waals surface area contributed by atoms with Gasteiger partial charge in [0.1, 0.15) is 5.69 Å². The van der Waals surface area contributed by atoms with Gasteiger partial charge in [0.05, 0.1) is 0 Å². The van der Waals surface area contributed by atoms with Crippen molar-refractivity contribution in [2.75, 3.05) is 7.05 Å². The average Bonchev–Trinajstić information content (AvgIpc) is 3.06. The molecule has 3 nitrogen and oxygen atoms in total. The van der Waals surface area contributed by atoms with Crippen LogP contribution >= 0.6 is 0 Å². The van der Waals surface area contributed by atoms with Gasteiger partial charge < -0.3 is 9.88 Å². The topological polar surface area (TPSA) is 36.1 Å². The largest absolute Gasteiger partial charge is 0.351 e. The smallest absolute Gasteiger partial charge is 0.270 e. The molecule has 3 rings (SSSR count). The van der Waals surface area contributed by atoms with Crippen LogP contribution in [0.5, 0.6) is 0 Å². The zero-order chi connectivity index (χ0) is 11.1. The minimum atomic E-state index is 0.0960. The summed E-state index contributed by atoms with van der Waals surface area (Å²) in [6, 6.07) is 10.3. The first kappa shape index (κ1) is 9.46. The number of nitrogens with zero attached hydrogens (tertiary/aromatic N) is 1. The second-order valence-electron chi connectivity index (χ2n) is 4.42. The minimum Gasteiger partial charge on any atom is -0.351 e. The number of carbonyl (C=O) groups excluding carboxylic acids is 1. The highest BCUT2D eigenvalue weighted by atomic mass is 16.2. The Morgan fingerprint density at radius 1 is 1.38 bits per heavy atom. The van der Waals surface area contributed by atoms with Crippen molar-refractivity contribution in [1.82, 2.24) is 9.88 Å². The van der Waals surface area contributed by atoms with E-state index in [9.17, 15) is 4.79 Å². The molecule has 0 unspecified atom stereocenters. The van der Waals surface area contributed by atoms with Crippen molar-refractivity contribution < 1.29 is 4.79 Å². The summed E-state index contributed by atoms with van der Waals surface area (Å²) in [4.78, 5) is 17.1. The van der Waals surface area contributed by atoms with Crippen molar-refractivity contribution in [3.8, 4) is 0 Å². The van der Waals surface area contributed by atoms with Crippen molar-refractivity contribution in [3.63, 3.8) is 0 Å². The second kappa shape index (κ2) is 3.37. The number of amides is 1. The van der Waals surface area contributed by atoms with Gasteiger partial charge in [0, 0.05) is 24.0 Å². The van der Waals surface area contributed by atoms with Crippen LogP contribution in [0.1, 0.15) is 23.3 Å². The minimum absolute atomic E-state index is 0.0960. The van der Waals surface area contributed by atoms with Crippen molar-refractivity contribution >= 4 is 16.8 Å². The fourth-order valence-electron chi connectivity index (χ4n) is 2.01. The van der Waals surface area contributed by atoms with Crippen LogP contribution in [-0.2, 0) is 0 Å². The van der Waals surface area contributed by atoms with Crippen LogP contribution < -0.4 is 0 Å². The SMILES string of the molecule is CN(C(=O)c1cc2ccccc2[nH]1)C1CC1. The van der Waals surface area contributed by atoms with Gasteiger partial charge in [-0.15, -0.1) is 0 Å². The number of hydrogen-bond donors (Lipinski definition) is 1. The highest BCUT2D eigenvalue weighted by Gasteiger charge is 2.30. The molecule has 0 bridgehead atoms. The molecule has 1 N–H and O–H groups in total. The van der Waals surface area contributed by atoms with Gasteiger partial charge in [-0.25, -0.2) is 0 Å². The number of rotatable bonds is 2. The average molecular weight is 214 g/mol.